The monoisotopic (exact) mass is 466 g/mol. The second-order valence-corrected chi connectivity index (χ2v) is 7.11. The lowest BCUT2D eigenvalue weighted by Crippen LogP contribution is -2.37. The molecule has 1 fully saturated rings. The Morgan fingerprint density at radius 1 is 1.15 bits per heavy atom. The summed E-state index contributed by atoms with van der Waals surface area (Å²) in [4.78, 5) is 25.6. The first-order chi connectivity index (χ1) is 16.5. The van der Waals surface area contributed by atoms with E-state index in [-0.39, 0.29) is 23.3 Å². The van der Waals surface area contributed by atoms with Crippen molar-refractivity contribution in [3.63, 3.8) is 0 Å². The van der Waals surface area contributed by atoms with Gasteiger partial charge in [0.25, 0.3) is 5.69 Å². The van der Waals surface area contributed by atoms with E-state index in [1.54, 1.807) is 24.3 Å². The van der Waals surface area contributed by atoms with Crippen molar-refractivity contribution >= 4 is 35.4 Å². The predicted octanol–water partition coefficient (Wildman–Crippen LogP) is 2.52. The SMILES string of the molecule is COc1ccc(O)c(/C=N/Nc2nc(Nc3ccc([N+](=O)[O-])cc3)nc(N3CCOCC3)n2)c1. The van der Waals surface area contributed by atoms with E-state index in [1.807, 2.05) is 4.90 Å². The highest BCUT2D eigenvalue weighted by Crippen LogP contribution is 2.22. The highest BCUT2D eigenvalue weighted by molar-refractivity contribution is 5.84. The Kier molecular flexibility index (Phi) is 6.93. The summed E-state index contributed by atoms with van der Waals surface area (Å²) in [6, 6.07) is 10.7. The van der Waals surface area contributed by atoms with Crippen LogP contribution in [0.2, 0.25) is 0 Å². The molecule has 0 radical (unpaired) electrons. The molecule has 2 aromatic carbocycles. The van der Waals surface area contributed by atoms with Gasteiger partial charge in [0.15, 0.2) is 0 Å². The van der Waals surface area contributed by atoms with Crippen LogP contribution in [0.1, 0.15) is 5.56 Å². The molecule has 3 aromatic rings. The van der Waals surface area contributed by atoms with Crippen LogP contribution in [0, 0.1) is 10.1 Å². The highest BCUT2D eigenvalue weighted by Gasteiger charge is 2.17. The first-order valence-electron chi connectivity index (χ1n) is 10.3. The summed E-state index contributed by atoms with van der Waals surface area (Å²) in [5, 5.41) is 28.1. The average molecular weight is 466 g/mol. The number of methoxy groups -OCH3 is 1. The molecular weight excluding hydrogens is 444 g/mol. The van der Waals surface area contributed by atoms with Crippen LogP contribution in [0.5, 0.6) is 11.5 Å². The Morgan fingerprint density at radius 2 is 1.88 bits per heavy atom. The minimum atomic E-state index is -0.469. The zero-order valence-corrected chi connectivity index (χ0v) is 18.2. The number of hydrogen-bond donors (Lipinski definition) is 3. The topological polar surface area (TPSA) is 160 Å². The molecule has 0 saturated carbocycles. The fourth-order valence-electron chi connectivity index (χ4n) is 3.09. The summed E-state index contributed by atoms with van der Waals surface area (Å²) < 4.78 is 10.6. The van der Waals surface area contributed by atoms with Gasteiger partial charge >= 0.3 is 0 Å². The molecule has 1 aliphatic heterocycles. The van der Waals surface area contributed by atoms with Crippen molar-refractivity contribution in [1.82, 2.24) is 15.0 Å². The summed E-state index contributed by atoms with van der Waals surface area (Å²) in [7, 11) is 1.53. The van der Waals surface area contributed by atoms with Crippen LogP contribution in [0.25, 0.3) is 0 Å². The van der Waals surface area contributed by atoms with E-state index < -0.39 is 4.92 Å². The van der Waals surface area contributed by atoms with Crippen molar-refractivity contribution in [2.24, 2.45) is 5.10 Å². The van der Waals surface area contributed by atoms with Gasteiger partial charge in [-0.3, -0.25) is 10.1 Å². The molecule has 13 nitrogen and oxygen atoms in total. The first-order valence-corrected chi connectivity index (χ1v) is 10.3. The lowest BCUT2D eigenvalue weighted by Gasteiger charge is -2.27. The molecule has 1 saturated heterocycles. The molecule has 176 valence electrons. The van der Waals surface area contributed by atoms with Gasteiger partial charge in [0.1, 0.15) is 11.5 Å². The van der Waals surface area contributed by atoms with Crippen molar-refractivity contribution in [3.05, 3.63) is 58.1 Å². The molecular formula is C21H22N8O5. The van der Waals surface area contributed by atoms with Gasteiger partial charge in [0.05, 0.1) is 31.5 Å². The van der Waals surface area contributed by atoms with Gasteiger partial charge in [0, 0.05) is 36.5 Å². The number of ether oxygens (including phenoxy) is 2. The number of aromatic hydroxyl groups is 1. The second kappa shape index (κ2) is 10.4. The molecule has 0 spiro atoms. The number of non-ortho nitro benzene ring substituents is 1. The molecule has 0 unspecified atom stereocenters. The van der Waals surface area contributed by atoms with Crippen molar-refractivity contribution in [1.29, 1.82) is 0 Å². The van der Waals surface area contributed by atoms with E-state index in [1.165, 1.54) is 31.5 Å². The van der Waals surface area contributed by atoms with Crippen LogP contribution in [-0.2, 0) is 4.74 Å². The number of benzene rings is 2. The van der Waals surface area contributed by atoms with E-state index in [0.717, 1.165) is 0 Å². The molecule has 0 atom stereocenters. The minimum Gasteiger partial charge on any atom is -0.507 e. The maximum atomic E-state index is 10.9. The Morgan fingerprint density at radius 3 is 2.59 bits per heavy atom. The quantitative estimate of drug-likeness (QED) is 0.254. The molecule has 0 amide bonds. The summed E-state index contributed by atoms with van der Waals surface area (Å²) >= 11 is 0. The standard InChI is InChI=1S/C21H22N8O5/c1-33-17-6-7-18(30)14(12-17)13-22-27-20-24-19(23-15-2-4-16(5-3-15)29(31)32)25-21(26-20)28-8-10-34-11-9-28/h2-7,12-13,30H,8-11H2,1H3,(H2,23,24,25,26,27)/b22-13+. The lowest BCUT2D eigenvalue weighted by molar-refractivity contribution is -0.384. The van der Waals surface area contributed by atoms with Crippen LogP contribution in [-0.4, -0.2) is 64.6 Å². The van der Waals surface area contributed by atoms with Gasteiger partial charge in [-0.05, 0) is 30.3 Å². The van der Waals surface area contributed by atoms with Crippen LogP contribution in [0.4, 0.5) is 29.2 Å². The van der Waals surface area contributed by atoms with E-state index in [9.17, 15) is 15.2 Å². The number of nitrogens with one attached hydrogen (secondary N) is 2. The number of hydrogen-bond acceptors (Lipinski definition) is 12. The zero-order valence-electron chi connectivity index (χ0n) is 18.2. The van der Waals surface area contributed by atoms with Gasteiger partial charge in [-0.2, -0.15) is 20.1 Å². The van der Waals surface area contributed by atoms with Gasteiger partial charge in [-0.25, -0.2) is 5.43 Å². The van der Waals surface area contributed by atoms with E-state index >= 15 is 0 Å². The fraction of sp³-hybridized carbons (Fsp3) is 0.238. The maximum Gasteiger partial charge on any atom is 0.269 e. The minimum absolute atomic E-state index is 0.0207. The Labute approximate surface area is 194 Å². The smallest absolute Gasteiger partial charge is 0.269 e. The molecule has 1 aliphatic rings. The summed E-state index contributed by atoms with van der Waals surface area (Å²) in [6.07, 6.45) is 1.42. The molecule has 0 bridgehead atoms. The first kappa shape index (κ1) is 22.7. The number of nitrogens with zero attached hydrogens (tertiary/aromatic N) is 6. The fourth-order valence-corrected chi connectivity index (χ4v) is 3.09. The highest BCUT2D eigenvalue weighted by atomic mass is 16.6. The average Bonchev–Trinajstić information content (AvgIpc) is 2.86. The summed E-state index contributed by atoms with van der Waals surface area (Å²) in [6.45, 7) is 2.32. The molecule has 0 aliphatic carbocycles. The number of anilines is 4. The molecule has 13 heteroatoms. The number of phenolic OH excluding ortho intramolecular Hbond substituents is 1. The third-order valence-electron chi connectivity index (χ3n) is 4.85. The van der Waals surface area contributed by atoms with E-state index in [0.29, 0.717) is 49.3 Å². The van der Waals surface area contributed by atoms with Gasteiger partial charge in [-0.1, -0.05) is 0 Å². The predicted molar refractivity (Wildman–Crippen MR) is 125 cm³/mol. The summed E-state index contributed by atoms with van der Waals surface area (Å²) in [5.41, 5.74) is 3.75. The van der Waals surface area contributed by atoms with Gasteiger partial charge < -0.3 is 24.8 Å². The largest absolute Gasteiger partial charge is 0.507 e. The van der Waals surface area contributed by atoms with Crippen LogP contribution in [0.3, 0.4) is 0 Å². The number of morpholine rings is 1. The van der Waals surface area contributed by atoms with Crippen LogP contribution >= 0.6 is 0 Å². The molecule has 2 heterocycles. The van der Waals surface area contributed by atoms with Crippen LogP contribution < -0.4 is 20.4 Å². The van der Waals surface area contributed by atoms with Gasteiger partial charge in [0.2, 0.25) is 17.8 Å². The van der Waals surface area contributed by atoms with Gasteiger partial charge in [-0.15, -0.1) is 0 Å². The molecule has 3 N–H and O–H groups in total. The number of rotatable bonds is 8. The lowest BCUT2D eigenvalue weighted by atomic mass is 10.2. The number of aromatic nitrogens is 3. The number of hydrazone groups is 1. The Hall–Kier alpha value is -4.52. The normalized spacial score (nSPS) is 13.6. The van der Waals surface area contributed by atoms with E-state index in [2.05, 4.69) is 30.8 Å². The number of phenols is 1. The van der Waals surface area contributed by atoms with Crippen molar-refractivity contribution in [2.45, 2.75) is 0 Å². The number of nitro benzene ring substituents is 1. The summed E-state index contributed by atoms with van der Waals surface area (Å²) in [5.74, 6) is 1.43. The second-order valence-electron chi connectivity index (χ2n) is 7.11. The molecule has 1 aromatic heterocycles. The molecule has 4 rings (SSSR count). The third kappa shape index (κ3) is 5.63. The maximum absolute atomic E-state index is 10.9. The number of nitro groups is 1. The van der Waals surface area contributed by atoms with E-state index in [4.69, 9.17) is 9.47 Å². The van der Waals surface area contributed by atoms with Crippen molar-refractivity contribution in [2.75, 3.05) is 49.1 Å². The Balaban J connectivity index is 1.57. The zero-order chi connectivity index (χ0) is 23.9. The van der Waals surface area contributed by atoms with Crippen molar-refractivity contribution < 1.29 is 19.5 Å². The van der Waals surface area contributed by atoms with Crippen molar-refractivity contribution in [3.8, 4) is 11.5 Å². The Bertz CT molecular complexity index is 1180. The molecule has 34 heavy (non-hydrogen) atoms. The third-order valence-corrected chi connectivity index (χ3v) is 4.85. The van der Waals surface area contributed by atoms with Crippen LogP contribution in [0.15, 0.2) is 47.6 Å².